The standard InChI is InChI=1S/C24H21F3N6O/c1-13-9-33(24(34)32(13)10-14-7-15(25)3-6-19(14)26)16-4-5-17(20(27)8-16)18-11-31(2)23-21(18)22(28)29-12-30-23/h3-8,11-13H,9-10H2,1-2H3,(H2,28,29,30). The van der Waals surface area contributed by atoms with Crippen LogP contribution in [0.2, 0.25) is 0 Å². The Bertz CT molecular complexity index is 1440. The maximum Gasteiger partial charge on any atom is 0.325 e. The number of hydrogen-bond donors (Lipinski definition) is 1. The summed E-state index contributed by atoms with van der Waals surface area (Å²) in [5, 5.41) is 0.547. The molecule has 1 aliphatic rings. The van der Waals surface area contributed by atoms with Crippen molar-refractivity contribution in [3.05, 3.63) is 71.9 Å². The Labute approximate surface area is 193 Å². The Morgan fingerprint density at radius 2 is 1.85 bits per heavy atom. The average molecular weight is 466 g/mol. The van der Waals surface area contributed by atoms with Crippen molar-refractivity contribution in [1.82, 2.24) is 19.4 Å². The summed E-state index contributed by atoms with van der Waals surface area (Å²) in [5.74, 6) is -1.46. The van der Waals surface area contributed by atoms with E-state index in [0.717, 1.165) is 18.2 Å². The number of urea groups is 1. The van der Waals surface area contributed by atoms with Crippen LogP contribution in [0.4, 0.5) is 29.5 Å². The van der Waals surface area contributed by atoms with Crippen LogP contribution in [-0.2, 0) is 13.6 Å². The first-order valence-corrected chi connectivity index (χ1v) is 10.6. The van der Waals surface area contributed by atoms with Crippen molar-refractivity contribution in [2.75, 3.05) is 17.2 Å². The number of carbonyl (C=O) groups excluding carboxylic acids is 1. The highest BCUT2D eigenvalue weighted by molar-refractivity contribution is 6.01. The summed E-state index contributed by atoms with van der Waals surface area (Å²) in [7, 11) is 1.78. The van der Waals surface area contributed by atoms with E-state index < -0.39 is 23.5 Å². The van der Waals surface area contributed by atoms with Gasteiger partial charge in [0.05, 0.1) is 11.9 Å². The molecule has 7 nitrogen and oxygen atoms in total. The maximum atomic E-state index is 15.3. The fourth-order valence-corrected chi connectivity index (χ4v) is 4.40. The molecule has 1 aliphatic heterocycles. The number of rotatable bonds is 4. The smallest absolute Gasteiger partial charge is 0.325 e. The predicted molar refractivity (Wildman–Crippen MR) is 122 cm³/mol. The molecular weight excluding hydrogens is 445 g/mol. The van der Waals surface area contributed by atoms with Gasteiger partial charge in [-0.1, -0.05) is 0 Å². The van der Waals surface area contributed by atoms with Gasteiger partial charge in [0, 0.05) is 48.2 Å². The minimum atomic E-state index is -0.589. The number of hydrogen-bond acceptors (Lipinski definition) is 4. The van der Waals surface area contributed by atoms with Crippen molar-refractivity contribution in [3.63, 3.8) is 0 Å². The number of amides is 2. The van der Waals surface area contributed by atoms with E-state index in [4.69, 9.17) is 5.73 Å². The Morgan fingerprint density at radius 3 is 2.62 bits per heavy atom. The third kappa shape index (κ3) is 3.51. The molecule has 1 saturated heterocycles. The lowest BCUT2D eigenvalue weighted by molar-refractivity contribution is 0.205. The summed E-state index contributed by atoms with van der Waals surface area (Å²) < 4.78 is 44.7. The summed E-state index contributed by atoms with van der Waals surface area (Å²) in [4.78, 5) is 24.2. The highest BCUT2D eigenvalue weighted by Gasteiger charge is 2.36. The van der Waals surface area contributed by atoms with E-state index >= 15 is 4.39 Å². The maximum absolute atomic E-state index is 15.3. The molecule has 2 N–H and O–H groups in total. The molecule has 174 valence electrons. The normalized spacial score (nSPS) is 16.1. The molecule has 0 spiro atoms. The highest BCUT2D eigenvalue weighted by Crippen LogP contribution is 2.36. The Hall–Kier alpha value is -4.08. The molecule has 0 radical (unpaired) electrons. The molecule has 5 rings (SSSR count). The summed E-state index contributed by atoms with van der Waals surface area (Å²) in [6.07, 6.45) is 3.08. The van der Waals surface area contributed by atoms with E-state index in [2.05, 4.69) is 9.97 Å². The number of nitrogens with two attached hydrogens (primary N) is 1. The number of aryl methyl sites for hydroxylation is 1. The minimum Gasteiger partial charge on any atom is -0.383 e. The summed E-state index contributed by atoms with van der Waals surface area (Å²) in [6, 6.07) is 6.95. The number of fused-ring (bicyclic) bond motifs is 1. The van der Waals surface area contributed by atoms with Gasteiger partial charge in [-0.05, 0) is 43.3 Å². The lowest BCUT2D eigenvalue weighted by Gasteiger charge is -2.21. The van der Waals surface area contributed by atoms with Gasteiger partial charge in [0.2, 0.25) is 0 Å². The van der Waals surface area contributed by atoms with Gasteiger partial charge in [-0.25, -0.2) is 27.9 Å². The zero-order chi connectivity index (χ0) is 24.1. The molecule has 2 aromatic carbocycles. The van der Waals surface area contributed by atoms with Gasteiger partial charge in [0.25, 0.3) is 0 Å². The van der Waals surface area contributed by atoms with Crippen molar-refractivity contribution in [2.45, 2.75) is 19.5 Å². The Morgan fingerprint density at radius 1 is 1.06 bits per heavy atom. The fourth-order valence-electron chi connectivity index (χ4n) is 4.40. The first-order chi connectivity index (χ1) is 16.2. The SMILES string of the molecule is CC1CN(c2ccc(-c3cn(C)c4ncnc(N)c34)c(F)c2)C(=O)N1Cc1cc(F)ccc1F. The van der Waals surface area contributed by atoms with Crippen LogP contribution >= 0.6 is 0 Å². The van der Waals surface area contributed by atoms with Gasteiger partial charge in [0.15, 0.2) is 0 Å². The molecule has 1 atom stereocenters. The third-order valence-electron chi connectivity index (χ3n) is 6.14. The molecule has 0 aliphatic carbocycles. The molecule has 0 saturated carbocycles. The highest BCUT2D eigenvalue weighted by atomic mass is 19.1. The Balaban J connectivity index is 1.45. The first kappa shape index (κ1) is 21.7. The molecule has 0 bridgehead atoms. The van der Waals surface area contributed by atoms with Gasteiger partial charge >= 0.3 is 6.03 Å². The second-order valence-corrected chi connectivity index (χ2v) is 8.38. The zero-order valence-electron chi connectivity index (χ0n) is 18.5. The second kappa shape index (κ2) is 8.05. The number of halogens is 3. The van der Waals surface area contributed by atoms with Crippen LogP contribution in [0.1, 0.15) is 12.5 Å². The number of carbonyl (C=O) groups is 1. The van der Waals surface area contributed by atoms with Crippen LogP contribution in [-0.4, -0.2) is 38.1 Å². The molecule has 1 unspecified atom stereocenters. The van der Waals surface area contributed by atoms with Crippen molar-refractivity contribution >= 4 is 28.6 Å². The van der Waals surface area contributed by atoms with Gasteiger partial charge in [0.1, 0.15) is 35.2 Å². The summed E-state index contributed by atoms with van der Waals surface area (Å²) >= 11 is 0. The topological polar surface area (TPSA) is 80.3 Å². The van der Waals surface area contributed by atoms with Crippen LogP contribution in [0.15, 0.2) is 48.9 Å². The summed E-state index contributed by atoms with van der Waals surface area (Å²) in [5.41, 5.74) is 7.90. The van der Waals surface area contributed by atoms with E-state index in [9.17, 15) is 13.6 Å². The van der Waals surface area contributed by atoms with Crippen LogP contribution in [0.3, 0.4) is 0 Å². The van der Waals surface area contributed by atoms with Crippen LogP contribution in [0.25, 0.3) is 22.2 Å². The van der Waals surface area contributed by atoms with Crippen molar-refractivity contribution < 1.29 is 18.0 Å². The number of aromatic nitrogens is 3. The van der Waals surface area contributed by atoms with E-state index in [1.54, 1.807) is 36.9 Å². The van der Waals surface area contributed by atoms with Gasteiger partial charge in [-0.15, -0.1) is 0 Å². The predicted octanol–water partition coefficient (Wildman–Crippen LogP) is 4.47. The molecular formula is C24H21F3N6O. The first-order valence-electron chi connectivity index (χ1n) is 10.6. The van der Waals surface area contributed by atoms with Crippen LogP contribution in [0, 0.1) is 17.5 Å². The monoisotopic (exact) mass is 466 g/mol. The van der Waals surface area contributed by atoms with E-state index in [0.29, 0.717) is 27.8 Å². The molecule has 3 heterocycles. The van der Waals surface area contributed by atoms with Crippen molar-refractivity contribution in [3.8, 4) is 11.1 Å². The minimum absolute atomic E-state index is 0.0827. The van der Waals surface area contributed by atoms with Gasteiger partial charge in [-0.3, -0.25) is 4.90 Å². The lowest BCUT2D eigenvalue weighted by Crippen LogP contribution is -2.33. The Kier molecular flexibility index (Phi) is 5.15. The van der Waals surface area contributed by atoms with E-state index in [-0.39, 0.29) is 30.5 Å². The largest absolute Gasteiger partial charge is 0.383 e. The zero-order valence-corrected chi connectivity index (χ0v) is 18.5. The van der Waals surface area contributed by atoms with E-state index in [1.165, 1.54) is 22.2 Å². The second-order valence-electron chi connectivity index (χ2n) is 8.38. The number of nitrogen functional groups attached to an aromatic ring is 1. The quantitative estimate of drug-likeness (QED) is 0.482. The molecule has 4 aromatic rings. The van der Waals surface area contributed by atoms with E-state index in [1.807, 2.05) is 0 Å². The van der Waals surface area contributed by atoms with Crippen molar-refractivity contribution in [1.29, 1.82) is 0 Å². The molecule has 10 heteroatoms. The van der Waals surface area contributed by atoms with Gasteiger partial charge < -0.3 is 15.2 Å². The molecule has 1 fully saturated rings. The molecule has 34 heavy (non-hydrogen) atoms. The third-order valence-corrected chi connectivity index (χ3v) is 6.14. The van der Waals surface area contributed by atoms with Crippen LogP contribution in [0.5, 0.6) is 0 Å². The van der Waals surface area contributed by atoms with Gasteiger partial charge in [-0.2, -0.15) is 0 Å². The lowest BCUT2D eigenvalue weighted by atomic mass is 10.0. The summed E-state index contributed by atoms with van der Waals surface area (Å²) in [6.45, 7) is 2.00. The van der Waals surface area contributed by atoms with Crippen molar-refractivity contribution in [2.24, 2.45) is 7.05 Å². The number of benzene rings is 2. The van der Waals surface area contributed by atoms with Crippen LogP contribution < -0.4 is 10.6 Å². The fraction of sp³-hybridized carbons (Fsp3) is 0.208. The molecule has 2 aromatic heterocycles. The number of anilines is 2. The molecule has 2 amide bonds. The average Bonchev–Trinajstić information content (AvgIpc) is 3.28. The number of nitrogens with zero attached hydrogens (tertiary/aromatic N) is 5.